The lowest BCUT2D eigenvalue weighted by molar-refractivity contribution is -0.0842. The van der Waals surface area contributed by atoms with Crippen LogP contribution in [0.3, 0.4) is 0 Å². The fraction of sp³-hybridized carbons (Fsp3) is 0.609. The molecule has 0 unspecified atom stereocenters. The van der Waals surface area contributed by atoms with Crippen molar-refractivity contribution in [1.29, 1.82) is 0 Å². The molecule has 3 aromatic heterocycles. The molecule has 0 saturated carbocycles. The van der Waals surface area contributed by atoms with Crippen molar-refractivity contribution < 1.29 is 18.9 Å². The van der Waals surface area contributed by atoms with Gasteiger partial charge in [0.2, 0.25) is 0 Å². The minimum absolute atomic E-state index is 0.241. The predicted molar refractivity (Wildman–Crippen MR) is 139 cm³/mol. The van der Waals surface area contributed by atoms with E-state index in [9.17, 15) is 0 Å². The second kappa shape index (κ2) is 10.0. The van der Waals surface area contributed by atoms with Gasteiger partial charge in [0.1, 0.15) is 15.7 Å². The van der Waals surface area contributed by atoms with Gasteiger partial charge in [0.25, 0.3) is 0 Å². The molecule has 0 amide bonds. The van der Waals surface area contributed by atoms with E-state index in [4.69, 9.17) is 33.9 Å². The van der Waals surface area contributed by atoms with Crippen molar-refractivity contribution in [2.45, 2.75) is 48.9 Å². The molecule has 0 spiro atoms. The van der Waals surface area contributed by atoms with Gasteiger partial charge in [0.05, 0.1) is 41.4 Å². The Morgan fingerprint density at radius 2 is 1.88 bits per heavy atom. The number of aromatic nitrogens is 3. The van der Waals surface area contributed by atoms with E-state index in [-0.39, 0.29) is 11.9 Å². The summed E-state index contributed by atoms with van der Waals surface area (Å²) < 4.78 is 23.7. The predicted octanol–water partition coefficient (Wildman–Crippen LogP) is 4.36. The van der Waals surface area contributed by atoms with Crippen molar-refractivity contribution in [2.75, 3.05) is 57.4 Å². The second-order valence-corrected chi connectivity index (χ2v) is 11.7. The Balaban J connectivity index is 1.71. The van der Waals surface area contributed by atoms with E-state index in [0.29, 0.717) is 12.4 Å². The highest BCUT2D eigenvalue weighted by Crippen LogP contribution is 2.45. The number of hydrogen-bond donors (Lipinski definition) is 0. The first-order valence-corrected chi connectivity index (χ1v) is 14.3. The molecule has 0 atom stereocenters. The monoisotopic (exact) mass is 522 g/mol. The Labute approximate surface area is 212 Å². The minimum Gasteiger partial charge on any atom is -0.378 e. The van der Waals surface area contributed by atoms with Crippen LogP contribution in [0.25, 0.3) is 20.4 Å². The van der Waals surface area contributed by atoms with Crippen molar-refractivity contribution in [3.63, 3.8) is 0 Å². The number of pyridine rings is 1. The normalized spacial score (nSPS) is 18.2. The molecule has 3 aromatic rings. The number of thiophene rings is 1. The highest BCUT2D eigenvalue weighted by atomic mass is 32.2. The van der Waals surface area contributed by atoms with E-state index in [1.165, 1.54) is 11.1 Å². The summed E-state index contributed by atoms with van der Waals surface area (Å²) in [5, 5.41) is 2.86. The lowest BCUT2D eigenvalue weighted by atomic mass is 9.90. The molecule has 1 fully saturated rings. The van der Waals surface area contributed by atoms with Crippen LogP contribution in [0.1, 0.15) is 25.0 Å². The van der Waals surface area contributed by atoms with E-state index in [2.05, 4.69) is 18.7 Å². The Kier molecular flexibility index (Phi) is 7.23. The molecule has 0 radical (unpaired) electrons. The van der Waals surface area contributed by atoms with Crippen LogP contribution in [-0.4, -0.2) is 79.4 Å². The summed E-state index contributed by atoms with van der Waals surface area (Å²) in [6.07, 6.45) is 2.54. The molecule has 2 aliphatic heterocycles. The smallest absolute Gasteiger partial charge is 0.189 e. The van der Waals surface area contributed by atoms with Gasteiger partial charge in [0.15, 0.2) is 11.4 Å². The maximum Gasteiger partial charge on any atom is 0.189 e. The highest BCUT2D eigenvalue weighted by molar-refractivity contribution is 7.99. The molecule has 5 heterocycles. The fourth-order valence-electron chi connectivity index (χ4n) is 4.42. The summed E-state index contributed by atoms with van der Waals surface area (Å²) in [6, 6.07) is 0. The fourth-order valence-corrected chi connectivity index (χ4v) is 7.11. The third-order valence-electron chi connectivity index (χ3n) is 6.19. The lowest BCUT2D eigenvalue weighted by Gasteiger charge is -2.36. The summed E-state index contributed by atoms with van der Waals surface area (Å²) in [5.74, 6) is 1.67. The van der Waals surface area contributed by atoms with E-state index >= 15 is 0 Å². The molecule has 1 saturated heterocycles. The zero-order valence-corrected chi connectivity index (χ0v) is 22.6. The highest BCUT2D eigenvalue weighted by Gasteiger charge is 2.33. The number of rotatable bonds is 7. The second-order valence-electron chi connectivity index (χ2n) is 8.90. The van der Waals surface area contributed by atoms with E-state index < -0.39 is 0 Å². The molecular weight excluding hydrogens is 492 g/mol. The third kappa shape index (κ3) is 4.63. The minimum atomic E-state index is -0.293. The van der Waals surface area contributed by atoms with Crippen LogP contribution in [0.15, 0.2) is 10.2 Å². The zero-order valence-electron chi connectivity index (χ0n) is 20.2. The quantitative estimate of drug-likeness (QED) is 0.193. The summed E-state index contributed by atoms with van der Waals surface area (Å²) in [6.45, 7) is 7.99. The van der Waals surface area contributed by atoms with Crippen LogP contribution >= 0.6 is 34.9 Å². The number of ether oxygens (including phenoxy) is 4. The van der Waals surface area contributed by atoms with Gasteiger partial charge in [-0.05, 0) is 25.7 Å². The molecule has 0 bridgehead atoms. The van der Waals surface area contributed by atoms with Gasteiger partial charge in [-0.15, -0.1) is 11.3 Å². The van der Waals surface area contributed by atoms with Crippen molar-refractivity contribution in [3.05, 3.63) is 11.1 Å². The van der Waals surface area contributed by atoms with Crippen LogP contribution < -0.4 is 4.90 Å². The molecular formula is C23H30N4O4S3. The van der Waals surface area contributed by atoms with Crippen LogP contribution in [0.2, 0.25) is 0 Å². The third-order valence-corrected chi connectivity index (χ3v) is 8.96. The van der Waals surface area contributed by atoms with Crippen LogP contribution in [0.4, 0.5) is 5.82 Å². The van der Waals surface area contributed by atoms with Gasteiger partial charge in [-0.2, -0.15) is 0 Å². The Hall–Kier alpha value is -1.21. The maximum absolute atomic E-state index is 6.26. The van der Waals surface area contributed by atoms with Crippen molar-refractivity contribution in [2.24, 2.45) is 0 Å². The summed E-state index contributed by atoms with van der Waals surface area (Å²) in [4.78, 5) is 18.4. The standard InChI is InChI=1S/C23H30N4O4S3/c1-23(2)10-13-14(11-31-23)19(27-6-8-30-9-7-27)25-20-16(13)17-18(34-20)21(26-22(24-17)32-5)33-12-15(28-3)29-4/h15H,6-12H2,1-5H3. The molecule has 5 rings (SSSR count). The largest absolute Gasteiger partial charge is 0.378 e. The number of methoxy groups -OCH3 is 2. The van der Waals surface area contributed by atoms with Crippen molar-refractivity contribution >= 4 is 61.1 Å². The first-order chi connectivity index (χ1) is 16.4. The van der Waals surface area contributed by atoms with Crippen molar-refractivity contribution in [3.8, 4) is 0 Å². The number of morpholine rings is 1. The first-order valence-electron chi connectivity index (χ1n) is 11.3. The molecule has 2 aliphatic rings. The number of nitrogens with zero attached hydrogens (tertiary/aromatic N) is 4. The van der Waals surface area contributed by atoms with Gasteiger partial charge in [0, 0.05) is 44.7 Å². The molecule has 0 aliphatic carbocycles. The van der Waals surface area contributed by atoms with Crippen LogP contribution in [-0.2, 0) is 32.0 Å². The van der Waals surface area contributed by atoms with Crippen LogP contribution in [0, 0.1) is 0 Å². The van der Waals surface area contributed by atoms with E-state index in [1.807, 2.05) is 6.26 Å². The van der Waals surface area contributed by atoms with Crippen LogP contribution in [0.5, 0.6) is 0 Å². The SMILES string of the molecule is COC(CSc1nc(SC)nc2c1sc1nc(N3CCOCC3)c3c(c12)CC(C)(C)OC3)OC. The Morgan fingerprint density at radius 1 is 1.12 bits per heavy atom. The van der Waals surface area contributed by atoms with Gasteiger partial charge in [-0.1, -0.05) is 23.5 Å². The molecule has 184 valence electrons. The Bertz CT molecular complexity index is 1190. The van der Waals surface area contributed by atoms with E-state index in [1.54, 1.807) is 49.1 Å². The van der Waals surface area contributed by atoms with Gasteiger partial charge in [-0.3, -0.25) is 0 Å². The first kappa shape index (κ1) is 24.5. The summed E-state index contributed by atoms with van der Waals surface area (Å²) in [5.41, 5.74) is 3.24. The molecule has 8 nitrogen and oxygen atoms in total. The summed E-state index contributed by atoms with van der Waals surface area (Å²) in [7, 11) is 3.31. The molecule has 0 N–H and O–H groups in total. The van der Waals surface area contributed by atoms with E-state index in [0.717, 1.165) is 69.2 Å². The van der Waals surface area contributed by atoms with Crippen molar-refractivity contribution in [1.82, 2.24) is 15.0 Å². The lowest BCUT2D eigenvalue weighted by Crippen LogP contribution is -2.39. The average Bonchev–Trinajstić information content (AvgIpc) is 3.22. The number of thioether (sulfide) groups is 2. The molecule has 11 heteroatoms. The Morgan fingerprint density at radius 3 is 2.59 bits per heavy atom. The van der Waals surface area contributed by atoms with Gasteiger partial charge < -0.3 is 23.8 Å². The van der Waals surface area contributed by atoms with Gasteiger partial charge >= 0.3 is 0 Å². The number of hydrogen-bond acceptors (Lipinski definition) is 11. The number of fused-ring (bicyclic) bond motifs is 5. The van der Waals surface area contributed by atoms with Gasteiger partial charge in [-0.25, -0.2) is 15.0 Å². The zero-order chi connectivity index (χ0) is 23.9. The number of anilines is 1. The molecule has 0 aromatic carbocycles. The summed E-state index contributed by atoms with van der Waals surface area (Å²) >= 11 is 4.87. The molecule has 34 heavy (non-hydrogen) atoms. The maximum atomic E-state index is 6.26. The average molecular weight is 523 g/mol. The topological polar surface area (TPSA) is 78.8 Å².